The van der Waals surface area contributed by atoms with E-state index in [2.05, 4.69) is 16.0 Å². The molecule has 0 aromatic heterocycles. The van der Waals surface area contributed by atoms with Gasteiger partial charge in [0.05, 0.1) is 5.54 Å². The highest BCUT2D eigenvalue weighted by molar-refractivity contribution is 5.68. The molecule has 19 heavy (non-hydrogen) atoms. The van der Waals surface area contributed by atoms with Gasteiger partial charge in [0.2, 0.25) is 0 Å². The van der Waals surface area contributed by atoms with E-state index in [1.807, 2.05) is 34.6 Å². The molecule has 0 saturated carbocycles. The van der Waals surface area contributed by atoms with Crippen LogP contribution in [0.15, 0.2) is 0 Å². The lowest BCUT2D eigenvalue weighted by atomic mass is 10.0. The molecule has 0 aromatic rings. The summed E-state index contributed by atoms with van der Waals surface area (Å²) in [6.45, 7) is 12.4. The van der Waals surface area contributed by atoms with E-state index < -0.39 is 5.60 Å². The van der Waals surface area contributed by atoms with Crippen molar-refractivity contribution in [3.05, 3.63) is 0 Å². The van der Waals surface area contributed by atoms with E-state index in [1.165, 1.54) is 12.8 Å². The maximum Gasteiger partial charge on any atom is 0.408 e. The molecule has 3 N–H and O–H groups in total. The smallest absolute Gasteiger partial charge is 0.408 e. The number of nitrogens with one attached hydrogen (secondary N) is 3. The van der Waals surface area contributed by atoms with E-state index in [1.54, 1.807) is 0 Å². The van der Waals surface area contributed by atoms with Gasteiger partial charge in [-0.15, -0.1) is 0 Å². The largest absolute Gasteiger partial charge is 0.444 e. The number of hydrogen-bond acceptors (Lipinski definition) is 4. The molecule has 0 spiro atoms. The van der Waals surface area contributed by atoms with E-state index in [0.29, 0.717) is 6.04 Å². The average molecular weight is 271 g/mol. The van der Waals surface area contributed by atoms with Crippen molar-refractivity contribution in [3.8, 4) is 0 Å². The number of ether oxygens (including phenoxy) is 1. The summed E-state index contributed by atoms with van der Waals surface area (Å²) in [4.78, 5) is 11.8. The summed E-state index contributed by atoms with van der Waals surface area (Å²) in [6.07, 6.45) is 2.04. The lowest BCUT2D eigenvalue weighted by Crippen LogP contribution is -2.55. The van der Waals surface area contributed by atoms with Crippen molar-refractivity contribution in [1.29, 1.82) is 0 Å². The molecular formula is C14H29N3O2. The third-order valence-electron chi connectivity index (χ3n) is 2.97. The maximum absolute atomic E-state index is 11.8. The zero-order valence-corrected chi connectivity index (χ0v) is 12.9. The average Bonchev–Trinajstić information content (AvgIpc) is 2.24. The Morgan fingerprint density at radius 3 is 2.53 bits per heavy atom. The molecule has 1 fully saturated rings. The van der Waals surface area contributed by atoms with E-state index in [4.69, 9.17) is 4.74 Å². The zero-order chi connectivity index (χ0) is 14.5. The van der Waals surface area contributed by atoms with E-state index in [9.17, 15) is 4.79 Å². The number of hydrogen-bond donors (Lipinski definition) is 3. The van der Waals surface area contributed by atoms with Crippen LogP contribution in [0.2, 0.25) is 0 Å². The van der Waals surface area contributed by atoms with Crippen molar-refractivity contribution in [1.82, 2.24) is 16.0 Å². The molecule has 112 valence electrons. The van der Waals surface area contributed by atoms with Crippen molar-refractivity contribution in [2.75, 3.05) is 19.6 Å². The number of amides is 1. The Labute approximate surface area is 116 Å². The number of alkyl carbamates (subject to hydrolysis) is 1. The van der Waals surface area contributed by atoms with Crippen LogP contribution in [0.4, 0.5) is 4.79 Å². The molecule has 1 rings (SSSR count). The van der Waals surface area contributed by atoms with Crippen LogP contribution < -0.4 is 16.0 Å². The van der Waals surface area contributed by atoms with Crippen LogP contribution in [-0.2, 0) is 4.74 Å². The lowest BCUT2D eigenvalue weighted by Gasteiger charge is -2.32. The van der Waals surface area contributed by atoms with Crippen LogP contribution in [0.5, 0.6) is 0 Å². The Balaban J connectivity index is 2.31. The first-order chi connectivity index (χ1) is 8.68. The van der Waals surface area contributed by atoms with Crippen LogP contribution in [0.3, 0.4) is 0 Å². The number of piperidine rings is 1. The summed E-state index contributed by atoms with van der Waals surface area (Å²) >= 11 is 0. The number of carbonyl (C=O) groups is 1. The van der Waals surface area contributed by atoms with Gasteiger partial charge in [0.15, 0.2) is 0 Å². The predicted octanol–water partition coefficient (Wildman–Crippen LogP) is 1.63. The molecule has 1 saturated heterocycles. The topological polar surface area (TPSA) is 62.4 Å². The predicted molar refractivity (Wildman–Crippen MR) is 77.3 cm³/mol. The minimum absolute atomic E-state index is 0.320. The van der Waals surface area contributed by atoms with Gasteiger partial charge in [-0.25, -0.2) is 4.79 Å². The van der Waals surface area contributed by atoms with Crippen LogP contribution in [-0.4, -0.2) is 42.9 Å². The molecule has 0 bridgehead atoms. The lowest BCUT2D eigenvalue weighted by molar-refractivity contribution is 0.0470. The summed E-state index contributed by atoms with van der Waals surface area (Å²) in [7, 11) is 0. The second-order valence-electron chi connectivity index (χ2n) is 6.93. The normalized spacial score (nSPS) is 21.0. The van der Waals surface area contributed by atoms with Crippen LogP contribution in [0.1, 0.15) is 47.5 Å². The van der Waals surface area contributed by atoms with Crippen molar-refractivity contribution in [2.24, 2.45) is 0 Å². The van der Waals surface area contributed by atoms with Crippen LogP contribution in [0, 0.1) is 0 Å². The van der Waals surface area contributed by atoms with Gasteiger partial charge in [-0.05, 0) is 54.0 Å². The van der Waals surface area contributed by atoms with Gasteiger partial charge in [-0.1, -0.05) is 0 Å². The summed E-state index contributed by atoms with van der Waals surface area (Å²) < 4.78 is 5.28. The fourth-order valence-electron chi connectivity index (χ4n) is 2.05. The highest BCUT2D eigenvalue weighted by Gasteiger charge is 2.25. The fraction of sp³-hybridized carbons (Fsp3) is 0.929. The highest BCUT2D eigenvalue weighted by Crippen LogP contribution is 2.10. The molecule has 0 radical (unpaired) electrons. The van der Waals surface area contributed by atoms with Gasteiger partial charge in [0, 0.05) is 19.1 Å². The molecule has 0 aromatic carbocycles. The van der Waals surface area contributed by atoms with E-state index >= 15 is 0 Å². The first-order valence-corrected chi connectivity index (χ1v) is 7.13. The maximum atomic E-state index is 11.8. The fourth-order valence-corrected chi connectivity index (χ4v) is 2.05. The summed E-state index contributed by atoms with van der Waals surface area (Å²) in [6, 6.07) is 0.494. The monoisotopic (exact) mass is 271 g/mol. The van der Waals surface area contributed by atoms with Gasteiger partial charge >= 0.3 is 6.09 Å². The summed E-state index contributed by atoms with van der Waals surface area (Å²) in [5.74, 6) is 0. The first kappa shape index (κ1) is 16.2. The molecular weight excluding hydrogens is 242 g/mol. The molecule has 1 amide bonds. The van der Waals surface area contributed by atoms with Gasteiger partial charge in [0.25, 0.3) is 0 Å². The second kappa shape index (κ2) is 6.57. The Morgan fingerprint density at radius 1 is 1.32 bits per heavy atom. The highest BCUT2D eigenvalue weighted by atomic mass is 16.6. The Morgan fingerprint density at radius 2 is 2.00 bits per heavy atom. The van der Waals surface area contributed by atoms with E-state index in [-0.39, 0.29) is 11.6 Å². The molecule has 1 atom stereocenters. The van der Waals surface area contributed by atoms with Gasteiger partial charge in [-0.2, -0.15) is 0 Å². The number of carbonyl (C=O) groups excluding carboxylic acids is 1. The third-order valence-corrected chi connectivity index (χ3v) is 2.97. The molecule has 1 aliphatic rings. The Bertz CT molecular complexity index is 292. The van der Waals surface area contributed by atoms with Crippen LogP contribution >= 0.6 is 0 Å². The minimum atomic E-state index is -0.457. The standard InChI is InChI=1S/C14H29N3O2/c1-13(2,3)19-12(18)17-14(4,5)10-16-11-7-6-8-15-9-11/h11,15-16H,6-10H2,1-5H3,(H,17,18). The molecule has 1 unspecified atom stereocenters. The molecule has 1 aliphatic heterocycles. The second-order valence-corrected chi connectivity index (χ2v) is 6.93. The Hall–Kier alpha value is -0.810. The van der Waals surface area contributed by atoms with Gasteiger partial charge < -0.3 is 20.7 Å². The zero-order valence-electron chi connectivity index (χ0n) is 12.9. The van der Waals surface area contributed by atoms with Crippen molar-refractivity contribution >= 4 is 6.09 Å². The minimum Gasteiger partial charge on any atom is -0.444 e. The molecule has 5 nitrogen and oxygen atoms in total. The quantitative estimate of drug-likeness (QED) is 0.727. The van der Waals surface area contributed by atoms with Gasteiger partial charge in [-0.3, -0.25) is 0 Å². The SMILES string of the molecule is CC(C)(CNC1CCCNC1)NC(=O)OC(C)(C)C. The van der Waals surface area contributed by atoms with Crippen LogP contribution in [0.25, 0.3) is 0 Å². The van der Waals surface area contributed by atoms with Crippen molar-refractivity contribution in [3.63, 3.8) is 0 Å². The Kier molecular flexibility index (Phi) is 5.62. The molecule has 5 heteroatoms. The van der Waals surface area contributed by atoms with E-state index in [0.717, 1.165) is 19.6 Å². The first-order valence-electron chi connectivity index (χ1n) is 7.13. The third kappa shape index (κ3) is 7.38. The van der Waals surface area contributed by atoms with Crippen molar-refractivity contribution < 1.29 is 9.53 Å². The van der Waals surface area contributed by atoms with Crippen molar-refractivity contribution in [2.45, 2.75) is 64.6 Å². The summed E-state index contributed by atoms with van der Waals surface area (Å²) in [5, 5.41) is 9.77. The van der Waals surface area contributed by atoms with Gasteiger partial charge in [0.1, 0.15) is 5.60 Å². The molecule has 1 heterocycles. The molecule has 0 aliphatic carbocycles. The summed E-state index contributed by atoms with van der Waals surface area (Å²) in [5.41, 5.74) is -0.777. The number of rotatable bonds is 4.